The molecule has 1 aliphatic rings. The minimum Gasteiger partial charge on any atom is -0.466 e. The third-order valence-corrected chi connectivity index (χ3v) is 5.10. The molecule has 1 amide bonds. The first-order chi connectivity index (χ1) is 12.4. The van der Waals surface area contributed by atoms with Crippen LogP contribution in [-0.2, 0) is 14.3 Å². The topological polar surface area (TPSA) is 105 Å². The van der Waals surface area contributed by atoms with Crippen LogP contribution in [0.5, 0.6) is 0 Å². The van der Waals surface area contributed by atoms with E-state index in [0.29, 0.717) is 37.1 Å². The number of carbonyl (C=O) groups is 2. The van der Waals surface area contributed by atoms with Gasteiger partial charge in [-0.1, -0.05) is 19.3 Å². The van der Waals surface area contributed by atoms with E-state index in [0.717, 1.165) is 25.7 Å². The monoisotopic (exact) mass is 359 g/mol. The van der Waals surface area contributed by atoms with Crippen molar-refractivity contribution in [2.24, 2.45) is 11.1 Å². The molecule has 6 nitrogen and oxygen atoms in total. The molecule has 0 unspecified atom stereocenters. The van der Waals surface area contributed by atoms with Crippen LogP contribution >= 0.6 is 0 Å². The highest BCUT2D eigenvalue weighted by Crippen LogP contribution is 2.43. The summed E-state index contributed by atoms with van der Waals surface area (Å²) in [6.45, 7) is 2.21. The van der Waals surface area contributed by atoms with Crippen LogP contribution in [-0.4, -0.2) is 24.3 Å². The molecule has 26 heavy (non-hydrogen) atoms. The zero-order valence-electron chi connectivity index (χ0n) is 15.5. The third-order valence-electron chi connectivity index (χ3n) is 5.10. The summed E-state index contributed by atoms with van der Waals surface area (Å²) in [6.07, 6.45) is 6.84. The van der Waals surface area contributed by atoms with E-state index in [4.69, 9.17) is 15.9 Å². The smallest absolute Gasteiger partial charge is 0.306 e. The number of esters is 1. The van der Waals surface area contributed by atoms with Crippen LogP contribution < -0.4 is 11.1 Å². The second kappa shape index (κ2) is 9.36. The summed E-state index contributed by atoms with van der Waals surface area (Å²) in [4.78, 5) is 24.3. The number of hydrogen-bond donors (Lipinski definition) is 3. The fourth-order valence-corrected chi connectivity index (χ4v) is 3.67. The van der Waals surface area contributed by atoms with E-state index in [-0.39, 0.29) is 23.1 Å². The van der Waals surface area contributed by atoms with Gasteiger partial charge in [-0.25, -0.2) is 0 Å². The average Bonchev–Trinajstić information content (AvgIpc) is 2.61. The molecule has 0 heterocycles. The van der Waals surface area contributed by atoms with Crippen molar-refractivity contribution in [3.8, 4) is 0 Å². The second-order valence-corrected chi connectivity index (χ2v) is 7.08. The number of nitrogens with two attached hydrogens (primary N) is 1. The second-order valence-electron chi connectivity index (χ2n) is 7.08. The van der Waals surface area contributed by atoms with Gasteiger partial charge in [0.25, 0.3) is 0 Å². The molecule has 1 aromatic carbocycles. The maximum absolute atomic E-state index is 12.3. The Bertz CT molecular complexity index is 634. The molecule has 1 saturated carbocycles. The molecule has 142 valence electrons. The molecule has 0 spiro atoms. The first kappa shape index (κ1) is 19.9. The van der Waals surface area contributed by atoms with Gasteiger partial charge >= 0.3 is 5.97 Å². The summed E-state index contributed by atoms with van der Waals surface area (Å²) in [6, 6.07) is 6.90. The van der Waals surface area contributed by atoms with Crippen LogP contribution in [0.1, 0.15) is 63.9 Å². The largest absolute Gasteiger partial charge is 0.466 e. The van der Waals surface area contributed by atoms with Gasteiger partial charge in [-0.3, -0.25) is 15.0 Å². The van der Waals surface area contributed by atoms with E-state index in [9.17, 15) is 9.59 Å². The van der Waals surface area contributed by atoms with Crippen molar-refractivity contribution in [3.05, 3.63) is 29.8 Å². The van der Waals surface area contributed by atoms with Crippen molar-refractivity contribution in [1.82, 2.24) is 0 Å². The van der Waals surface area contributed by atoms with E-state index >= 15 is 0 Å². The predicted molar refractivity (Wildman–Crippen MR) is 102 cm³/mol. The quantitative estimate of drug-likeness (QED) is 0.375. The normalized spacial score (nSPS) is 15.9. The van der Waals surface area contributed by atoms with Gasteiger partial charge in [0.2, 0.25) is 5.91 Å². The lowest BCUT2D eigenvalue weighted by molar-refractivity contribution is -0.147. The van der Waals surface area contributed by atoms with Crippen LogP contribution in [0.15, 0.2) is 24.3 Å². The number of ether oxygens (including phenoxy) is 1. The van der Waals surface area contributed by atoms with Crippen molar-refractivity contribution in [1.29, 1.82) is 5.41 Å². The minimum atomic E-state index is -0.158. The summed E-state index contributed by atoms with van der Waals surface area (Å²) >= 11 is 0. The lowest BCUT2D eigenvalue weighted by atomic mass is 9.69. The number of amides is 1. The van der Waals surface area contributed by atoms with Gasteiger partial charge in [0.15, 0.2) is 0 Å². The van der Waals surface area contributed by atoms with E-state index in [1.165, 1.54) is 6.42 Å². The van der Waals surface area contributed by atoms with Crippen molar-refractivity contribution >= 4 is 23.4 Å². The Morgan fingerprint density at radius 3 is 2.42 bits per heavy atom. The van der Waals surface area contributed by atoms with Crippen LogP contribution in [0.25, 0.3) is 0 Å². The van der Waals surface area contributed by atoms with Gasteiger partial charge in [-0.05, 0) is 55.9 Å². The Morgan fingerprint density at radius 1 is 1.19 bits per heavy atom. The van der Waals surface area contributed by atoms with Gasteiger partial charge in [0, 0.05) is 17.7 Å². The van der Waals surface area contributed by atoms with E-state index in [1.807, 2.05) is 6.92 Å². The fourth-order valence-electron chi connectivity index (χ4n) is 3.67. The Hall–Kier alpha value is -2.37. The molecule has 6 heteroatoms. The summed E-state index contributed by atoms with van der Waals surface area (Å²) in [5, 5.41) is 10.3. The summed E-state index contributed by atoms with van der Waals surface area (Å²) in [5.74, 6) is -0.218. The molecular formula is C20H29N3O3. The lowest BCUT2D eigenvalue weighted by Gasteiger charge is -2.36. The zero-order chi connectivity index (χ0) is 19.0. The van der Waals surface area contributed by atoms with Gasteiger partial charge in [0.05, 0.1) is 13.0 Å². The van der Waals surface area contributed by atoms with E-state index in [1.54, 1.807) is 24.3 Å². The van der Waals surface area contributed by atoms with E-state index in [2.05, 4.69) is 5.32 Å². The lowest BCUT2D eigenvalue weighted by Crippen LogP contribution is -2.30. The first-order valence-corrected chi connectivity index (χ1v) is 9.34. The number of rotatable bonds is 8. The van der Waals surface area contributed by atoms with Gasteiger partial charge < -0.3 is 15.8 Å². The molecule has 0 atom stereocenters. The molecule has 0 aromatic heterocycles. The number of hydrogen-bond acceptors (Lipinski definition) is 4. The molecule has 0 radical (unpaired) electrons. The minimum absolute atomic E-state index is 0.00100. The van der Waals surface area contributed by atoms with Crippen molar-refractivity contribution < 1.29 is 14.3 Å². The van der Waals surface area contributed by atoms with Crippen LogP contribution in [0.2, 0.25) is 0 Å². The van der Waals surface area contributed by atoms with Gasteiger partial charge in [-0.2, -0.15) is 0 Å². The van der Waals surface area contributed by atoms with Crippen LogP contribution in [0.3, 0.4) is 0 Å². The van der Waals surface area contributed by atoms with Crippen molar-refractivity contribution in [2.45, 2.75) is 58.3 Å². The number of carbonyl (C=O) groups excluding carboxylic acids is 2. The summed E-state index contributed by atoms with van der Waals surface area (Å²) in [5.41, 5.74) is 6.63. The summed E-state index contributed by atoms with van der Waals surface area (Å²) in [7, 11) is 0. The van der Waals surface area contributed by atoms with Gasteiger partial charge in [-0.15, -0.1) is 0 Å². The Labute approximate surface area is 155 Å². The number of nitrogens with one attached hydrogen (secondary N) is 2. The molecule has 0 aliphatic heterocycles. The molecule has 0 bridgehead atoms. The summed E-state index contributed by atoms with van der Waals surface area (Å²) < 4.78 is 5.14. The SMILES string of the molecule is CCOC(=O)CC1(CCC(=O)Nc2ccc(C(=N)N)cc2)CCCCC1. The first-order valence-electron chi connectivity index (χ1n) is 9.34. The number of benzene rings is 1. The molecular weight excluding hydrogens is 330 g/mol. The molecule has 1 fully saturated rings. The highest BCUT2D eigenvalue weighted by molar-refractivity contribution is 5.96. The van der Waals surface area contributed by atoms with Crippen LogP contribution in [0.4, 0.5) is 5.69 Å². The standard InChI is InChI=1S/C20H29N3O3/c1-2-26-18(25)14-20(11-4-3-5-12-20)13-10-17(24)23-16-8-6-15(7-9-16)19(21)22/h6-9H,2-5,10-14H2,1H3,(H3,21,22)(H,23,24). The Kier molecular flexibility index (Phi) is 7.18. The van der Waals surface area contributed by atoms with Crippen LogP contribution in [0, 0.1) is 10.8 Å². The van der Waals surface area contributed by atoms with E-state index < -0.39 is 0 Å². The van der Waals surface area contributed by atoms with Gasteiger partial charge in [0.1, 0.15) is 5.84 Å². The highest BCUT2D eigenvalue weighted by atomic mass is 16.5. The predicted octanol–water partition coefficient (Wildman–Crippen LogP) is 3.59. The molecule has 1 aromatic rings. The number of anilines is 1. The Morgan fingerprint density at radius 2 is 1.85 bits per heavy atom. The fraction of sp³-hybridized carbons (Fsp3) is 0.550. The maximum Gasteiger partial charge on any atom is 0.306 e. The molecule has 0 saturated heterocycles. The molecule has 4 N–H and O–H groups in total. The zero-order valence-corrected chi connectivity index (χ0v) is 15.5. The van der Waals surface area contributed by atoms with Crippen molar-refractivity contribution in [2.75, 3.05) is 11.9 Å². The highest BCUT2D eigenvalue weighted by Gasteiger charge is 2.35. The molecule has 2 rings (SSSR count). The molecule has 1 aliphatic carbocycles. The maximum atomic E-state index is 12.3. The Balaban J connectivity index is 1.91. The van der Waals surface area contributed by atoms with Crippen molar-refractivity contribution in [3.63, 3.8) is 0 Å². The third kappa shape index (κ3) is 5.86. The number of nitrogen functional groups attached to an aromatic ring is 1. The number of amidine groups is 1. The average molecular weight is 359 g/mol.